The van der Waals surface area contributed by atoms with Crippen molar-refractivity contribution in [3.8, 4) is 23.0 Å². The average Bonchev–Trinajstić information content (AvgIpc) is 3.24. The standard InChI is InChI=1S/C43H52N6O11/c1-24-38(51)46-31(23-37(50)59-8)42(55)47(3)32(19-26-9-14-29(57-6)15-10-26)40(53)45-25(2)41(54)49(5)34-20-27-11-16-30(17-12-27)60-36-22-28(13-18-35(36)58-7)21-33(39(52)44-24)48(4)43(34)56/h9-18,22,24-25,31-34H,19-21,23H2,1-8H3,(H,44,52)(H,45,53)(H,46,51)/t24-,25+,31+,32+,33+,34+/m1/s1. The summed E-state index contributed by atoms with van der Waals surface area (Å²) in [5, 5.41) is 7.96. The number of nitrogens with zero attached hydrogens (tertiary/aromatic N) is 3. The number of fused-ring (bicyclic) bond motifs is 2. The van der Waals surface area contributed by atoms with Crippen LogP contribution in [0.5, 0.6) is 23.0 Å². The molecule has 3 heterocycles. The highest BCUT2D eigenvalue weighted by Gasteiger charge is 2.40. The summed E-state index contributed by atoms with van der Waals surface area (Å²) in [4.78, 5) is 102. The van der Waals surface area contributed by atoms with Gasteiger partial charge in [-0.05, 0) is 66.9 Å². The number of amides is 6. The number of hydrogen-bond donors (Lipinski definition) is 3. The summed E-state index contributed by atoms with van der Waals surface area (Å²) < 4.78 is 21.8. The van der Waals surface area contributed by atoms with Crippen LogP contribution in [0.25, 0.3) is 0 Å². The summed E-state index contributed by atoms with van der Waals surface area (Å²) in [6, 6.07) is 11.1. The zero-order valence-electron chi connectivity index (χ0n) is 35.0. The fourth-order valence-electron chi connectivity index (χ4n) is 7.12. The van der Waals surface area contributed by atoms with E-state index in [0.717, 1.165) is 12.0 Å². The molecule has 6 atom stereocenters. The topological polar surface area (TPSA) is 202 Å². The highest BCUT2D eigenvalue weighted by atomic mass is 16.5. The fraction of sp³-hybridized carbons (Fsp3) is 0.419. The molecule has 60 heavy (non-hydrogen) atoms. The molecule has 0 unspecified atom stereocenters. The Hall–Kier alpha value is -6.65. The number of esters is 1. The van der Waals surface area contributed by atoms with Gasteiger partial charge in [0.1, 0.15) is 47.8 Å². The average molecular weight is 829 g/mol. The molecule has 6 rings (SSSR count). The molecule has 17 nitrogen and oxygen atoms in total. The minimum Gasteiger partial charge on any atom is -0.497 e. The summed E-state index contributed by atoms with van der Waals surface area (Å²) in [6.45, 7) is 2.85. The molecule has 17 heteroatoms. The van der Waals surface area contributed by atoms with Gasteiger partial charge in [-0.15, -0.1) is 0 Å². The van der Waals surface area contributed by atoms with Crippen molar-refractivity contribution >= 4 is 41.4 Å². The summed E-state index contributed by atoms with van der Waals surface area (Å²) in [5.74, 6) is -3.30. The van der Waals surface area contributed by atoms with E-state index in [9.17, 15) is 33.6 Å². The molecule has 1 saturated heterocycles. The Kier molecular flexibility index (Phi) is 14.4. The first-order valence-corrected chi connectivity index (χ1v) is 19.4. The highest BCUT2D eigenvalue weighted by Crippen LogP contribution is 2.34. The summed E-state index contributed by atoms with van der Waals surface area (Å²) in [5.41, 5.74) is 1.87. The lowest BCUT2D eigenvalue weighted by atomic mass is 9.98. The van der Waals surface area contributed by atoms with Crippen LogP contribution in [-0.2, 0) is 57.6 Å². The van der Waals surface area contributed by atoms with E-state index in [4.69, 9.17) is 18.9 Å². The second-order valence-corrected chi connectivity index (χ2v) is 14.9. The van der Waals surface area contributed by atoms with Crippen molar-refractivity contribution in [2.45, 2.75) is 75.8 Å². The number of nitrogens with one attached hydrogen (secondary N) is 3. The SMILES string of the molecule is COC(=O)C[C@@H]1NC(=O)[C@@H](C)NC(=O)[C@@H]2Cc3ccc(OC)c(c3)Oc3ccc(cc3)C[C@@H](C(=O)N2C)N(C)C(=O)[C@H](C)NC(=O)[C@H](Cc2ccc(OC)cc2)N(C)C1=O. The monoisotopic (exact) mass is 828 g/mol. The highest BCUT2D eigenvalue weighted by molar-refractivity contribution is 5.99. The fourth-order valence-corrected chi connectivity index (χ4v) is 7.12. The Morgan fingerprint density at radius 1 is 0.667 bits per heavy atom. The third kappa shape index (κ3) is 10.3. The summed E-state index contributed by atoms with van der Waals surface area (Å²) in [7, 11) is 8.35. The molecule has 1 fully saturated rings. The number of carbonyl (C=O) groups excluding carboxylic acids is 7. The molecule has 0 saturated carbocycles. The van der Waals surface area contributed by atoms with Crippen molar-refractivity contribution in [3.05, 3.63) is 83.4 Å². The maximum atomic E-state index is 14.7. The Labute approximate surface area is 348 Å². The lowest BCUT2D eigenvalue weighted by molar-refractivity contribution is -0.150. The Balaban J connectivity index is 1.61. The molecule has 0 radical (unpaired) electrons. The van der Waals surface area contributed by atoms with Crippen LogP contribution in [0.4, 0.5) is 0 Å². The largest absolute Gasteiger partial charge is 0.497 e. The van der Waals surface area contributed by atoms with Gasteiger partial charge in [-0.2, -0.15) is 0 Å². The predicted molar refractivity (Wildman–Crippen MR) is 217 cm³/mol. The molecule has 320 valence electrons. The van der Waals surface area contributed by atoms with Crippen LogP contribution in [0.15, 0.2) is 66.7 Å². The number of carbonyl (C=O) groups is 7. The van der Waals surface area contributed by atoms with E-state index in [-0.39, 0.29) is 19.3 Å². The molecule has 6 bridgehead atoms. The Morgan fingerprint density at radius 2 is 1.28 bits per heavy atom. The Morgan fingerprint density at radius 3 is 1.92 bits per heavy atom. The quantitative estimate of drug-likeness (QED) is 0.303. The third-order valence-corrected chi connectivity index (χ3v) is 10.9. The van der Waals surface area contributed by atoms with E-state index < -0.39 is 84.1 Å². The van der Waals surface area contributed by atoms with Gasteiger partial charge in [-0.3, -0.25) is 33.6 Å². The van der Waals surface area contributed by atoms with Gasteiger partial charge >= 0.3 is 5.97 Å². The van der Waals surface area contributed by atoms with Crippen LogP contribution >= 0.6 is 0 Å². The molecule has 0 aliphatic carbocycles. The molecule has 3 N–H and O–H groups in total. The van der Waals surface area contributed by atoms with Crippen molar-refractivity contribution in [1.29, 1.82) is 0 Å². The van der Waals surface area contributed by atoms with Crippen molar-refractivity contribution in [2.75, 3.05) is 42.5 Å². The second-order valence-electron chi connectivity index (χ2n) is 14.9. The zero-order chi connectivity index (χ0) is 43.8. The lowest BCUT2D eigenvalue weighted by Gasteiger charge is -2.37. The maximum absolute atomic E-state index is 14.7. The van der Waals surface area contributed by atoms with E-state index in [0.29, 0.717) is 39.7 Å². The van der Waals surface area contributed by atoms with Gasteiger partial charge in [-0.25, -0.2) is 0 Å². The number of methoxy groups -OCH3 is 3. The van der Waals surface area contributed by atoms with E-state index >= 15 is 0 Å². The number of hydrogen-bond acceptors (Lipinski definition) is 11. The van der Waals surface area contributed by atoms with Gasteiger partial charge in [0.05, 0.1) is 27.8 Å². The van der Waals surface area contributed by atoms with Crippen LogP contribution in [0.3, 0.4) is 0 Å². The van der Waals surface area contributed by atoms with Crippen molar-refractivity contribution < 1.29 is 52.5 Å². The smallest absolute Gasteiger partial charge is 0.308 e. The molecule has 0 aromatic heterocycles. The molecule has 0 spiro atoms. The molecule has 3 aliphatic heterocycles. The number of rotatable bonds is 6. The van der Waals surface area contributed by atoms with Crippen LogP contribution in [0.2, 0.25) is 0 Å². The van der Waals surface area contributed by atoms with Crippen LogP contribution in [0, 0.1) is 0 Å². The molecule has 3 aromatic rings. The van der Waals surface area contributed by atoms with Gasteiger partial charge in [0, 0.05) is 40.4 Å². The Bertz CT molecular complexity index is 2090. The normalized spacial score (nSPS) is 23.4. The number of ether oxygens (including phenoxy) is 4. The minimum absolute atomic E-state index is 0.0209. The predicted octanol–water partition coefficient (Wildman–Crippen LogP) is 1.39. The summed E-state index contributed by atoms with van der Waals surface area (Å²) >= 11 is 0. The number of likely N-dealkylation sites (N-methyl/N-ethyl adjacent to an activating group) is 3. The third-order valence-electron chi connectivity index (χ3n) is 10.9. The van der Waals surface area contributed by atoms with E-state index in [1.807, 2.05) is 0 Å². The van der Waals surface area contributed by atoms with Crippen molar-refractivity contribution in [2.24, 2.45) is 0 Å². The van der Waals surface area contributed by atoms with E-state index in [1.165, 1.54) is 59.0 Å². The van der Waals surface area contributed by atoms with Gasteiger partial charge in [0.15, 0.2) is 11.5 Å². The van der Waals surface area contributed by atoms with Crippen molar-refractivity contribution in [3.63, 3.8) is 0 Å². The summed E-state index contributed by atoms with van der Waals surface area (Å²) in [6.07, 6.45) is -0.675. The lowest BCUT2D eigenvalue weighted by Crippen LogP contribution is -2.62. The molecular formula is C43H52N6O11. The molecule has 3 aliphatic rings. The first-order chi connectivity index (χ1) is 28.5. The van der Waals surface area contributed by atoms with E-state index in [2.05, 4.69) is 16.0 Å². The maximum Gasteiger partial charge on any atom is 0.308 e. The van der Waals surface area contributed by atoms with Gasteiger partial charge < -0.3 is 49.6 Å². The van der Waals surface area contributed by atoms with Crippen LogP contribution < -0.4 is 30.2 Å². The van der Waals surface area contributed by atoms with E-state index in [1.54, 1.807) is 66.7 Å². The van der Waals surface area contributed by atoms with Crippen LogP contribution in [-0.4, -0.2) is 135 Å². The first kappa shape index (κ1) is 44.5. The molecular weight excluding hydrogens is 777 g/mol. The van der Waals surface area contributed by atoms with Gasteiger partial charge in [-0.1, -0.05) is 30.3 Å². The zero-order valence-corrected chi connectivity index (χ0v) is 35.0. The molecule has 3 aromatic carbocycles. The van der Waals surface area contributed by atoms with Gasteiger partial charge in [0.2, 0.25) is 35.4 Å². The van der Waals surface area contributed by atoms with Crippen LogP contribution in [0.1, 0.15) is 37.0 Å². The second kappa shape index (κ2) is 19.4. The first-order valence-electron chi connectivity index (χ1n) is 19.4. The molecule has 6 amide bonds. The number of benzene rings is 3. The van der Waals surface area contributed by atoms with Gasteiger partial charge in [0.25, 0.3) is 0 Å². The van der Waals surface area contributed by atoms with Crippen molar-refractivity contribution in [1.82, 2.24) is 30.7 Å². The minimum atomic E-state index is -1.53.